The number of rotatable bonds is 16. The lowest BCUT2D eigenvalue weighted by Gasteiger charge is -2.40. The van der Waals surface area contributed by atoms with E-state index in [2.05, 4.69) is 0 Å². The fraction of sp³-hybridized carbons (Fsp3) is 0.170. The van der Waals surface area contributed by atoms with Crippen LogP contribution in [0.25, 0.3) is 0 Å². The molecule has 2 aliphatic heterocycles. The highest BCUT2D eigenvalue weighted by atomic mass is 32.1. The van der Waals surface area contributed by atoms with Gasteiger partial charge in [0.2, 0.25) is 11.8 Å². The van der Waals surface area contributed by atoms with Gasteiger partial charge in [-0.1, -0.05) is 194 Å². The molecule has 8 rings (SSSR count). The molecule has 0 aromatic heterocycles. The fourth-order valence-corrected chi connectivity index (χ4v) is 12.0. The number of carbonyl (C=O) groups excluding carboxylic acids is 4. The summed E-state index contributed by atoms with van der Waals surface area (Å²) in [7, 11) is 0. The van der Waals surface area contributed by atoms with Crippen molar-refractivity contribution in [2.45, 2.75) is 32.1 Å². The van der Waals surface area contributed by atoms with Crippen molar-refractivity contribution < 1.29 is 19.2 Å². The summed E-state index contributed by atoms with van der Waals surface area (Å²) in [6, 6.07) is 51.4. The number of nitrogens with zero attached hydrogens (tertiary/aromatic N) is 2. The van der Waals surface area contributed by atoms with Crippen LogP contribution in [0.15, 0.2) is 170 Å². The highest BCUT2D eigenvalue weighted by Gasteiger charge is 2.74. The Morgan fingerprint density at radius 2 is 0.582 bits per heavy atom. The van der Waals surface area contributed by atoms with Crippen LogP contribution in [-0.4, -0.2) is 43.6 Å². The Labute approximate surface area is 410 Å². The van der Waals surface area contributed by atoms with Gasteiger partial charge >= 0.3 is 0 Å². The number of anilines is 2. The molecule has 6 aromatic rings. The van der Waals surface area contributed by atoms with Crippen LogP contribution >= 0.6 is 48.9 Å². The summed E-state index contributed by atoms with van der Waals surface area (Å²) in [5.74, 6) is -2.45. The minimum absolute atomic E-state index is 0.0843. The average Bonchev–Trinajstić information content (AvgIpc) is 3.62. The Morgan fingerprint density at radius 1 is 0.343 bits per heavy atom. The van der Waals surface area contributed by atoms with Gasteiger partial charge in [0, 0.05) is 0 Å². The lowest BCUT2D eigenvalue weighted by Crippen LogP contribution is -2.61. The molecule has 8 N–H and O–H groups in total. The first-order chi connectivity index (χ1) is 32.1. The van der Waals surface area contributed by atoms with Crippen molar-refractivity contribution in [2.24, 2.45) is 44.6 Å². The van der Waals surface area contributed by atoms with Crippen molar-refractivity contribution >= 4 is 104 Å². The third-order valence-corrected chi connectivity index (χ3v) is 14.6. The van der Waals surface area contributed by atoms with E-state index >= 15 is 9.59 Å². The molecule has 67 heavy (non-hydrogen) atoms. The summed E-state index contributed by atoms with van der Waals surface area (Å²) in [5, 5.41) is 0. The van der Waals surface area contributed by atoms with Crippen LogP contribution in [0.3, 0.4) is 0 Å². The normalized spacial score (nSPS) is 16.8. The Bertz CT molecular complexity index is 2620. The molecule has 0 bridgehead atoms. The van der Waals surface area contributed by atoms with Crippen molar-refractivity contribution in [1.82, 2.24) is 0 Å². The van der Waals surface area contributed by atoms with Crippen molar-refractivity contribution in [3.8, 4) is 0 Å². The first-order valence-electron chi connectivity index (χ1n) is 21.5. The molecule has 0 aliphatic carbocycles. The summed E-state index contributed by atoms with van der Waals surface area (Å²) in [6.07, 6.45) is 0.750. The van der Waals surface area contributed by atoms with Gasteiger partial charge in [0.1, 0.15) is 0 Å². The molecule has 6 aromatic carbocycles. The number of hydrogen-bond acceptors (Lipinski definition) is 8. The maximum atomic E-state index is 15.2. The predicted octanol–water partition coefficient (Wildman–Crippen LogP) is 7.08. The van der Waals surface area contributed by atoms with Crippen LogP contribution < -0.4 is 32.7 Å². The Balaban J connectivity index is 1.11. The first kappa shape index (κ1) is 46.7. The summed E-state index contributed by atoms with van der Waals surface area (Å²) >= 11 is 22.6. The van der Waals surface area contributed by atoms with E-state index in [4.69, 9.17) is 71.8 Å². The van der Waals surface area contributed by atoms with Crippen LogP contribution in [0.1, 0.15) is 33.4 Å². The van der Waals surface area contributed by atoms with Gasteiger partial charge in [-0.25, -0.2) is 9.80 Å². The van der Waals surface area contributed by atoms with Crippen LogP contribution in [0, 0.1) is 21.7 Å². The molecule has 10 nitrogen and oxygen atoms in total. The van der Waals surface area contributed by atoms with Crippen molar-refractivity contribution in [3.05, 3.63) is 203 Å². The minimum Gasteiger partial charge on any atom is -0.392 e. The first-order valence-corrected chi connectivity index (χ1v) is 23.1. The maximum Gasteiger partial charge on any atom is 0.254 e. The summed E-state index contributed by atoms with van der Waals surface area (Å²) < 4.78 is 0. The second-order valence-corrected chi connectivity index (χ2v) is 18.9. The molecule has 0 atom stereocenters. The predicted molar refractivity (Wildman–Crippen MR) is 278 cm³/mol. The number of carbonyl (C=O) groups is 4. The van der Waals surface area contributed by atoms with Crippen LogP contribution in [-0.2, 0) is 51.3 Å². The number of benzene rings is 6. The quantitative estimate of drug-likeness (QED) is 0.0573. The molecule has 2 aliphatic rings. The van der Waals surface area contributed by atoms with Crippen LogP contribution in [0.4, 0.5) is 11.4 Å². The molecule has 0 spiro atoms. The lowest BCUT2D eigenvalue weighted by atomic mass is 9.59. The molecular formula is C53H46N6O4S4. The lowest BCUT2D eigenvalue weighted by molar-refractivity contribution is -0.127. The maximum absolute atomic E-state index is 15.2. The van der Waals surface area contributed by atoms with E-state index in [-0.39, 0.29) is 45.6 Å². The summed E-state index contributed by atoms with van der Waals surface area (Å²) in [5.41, 5.74) is 24.3. The number of hydrogen-bond donors (Lipinski definition) is 4. The number of nitrogens with two attached hydrogens (primary N) is 4. The Kier molecular flexibility index (Phi) is 12.9. The van der Waals surface area contributed by atoms with E-state index in [0.717, 1.165) is 43.2 Å². The summed E-state index contributed by atoms with van der Waals surface area (Å²) in [4.78, 5) is 61.3. The van der Waals surface area contributed by atoms with Crippen molar-refractivity contribution in [1.29, 1.82) is 0 Å². The van der Waals surface area contributed by atoms with Crippen molar-refractivity contribution in [3.63, 3.8) is 0 Å². The van der Waals surface area contributed by atoms with Gasteiger partial charge in [0.15, 0.2) is 10.8 Å². The standard InChI is InChI=1S/C53H46N6O4S4/c54-42(64)52(43(55)65)48(62)58(46(60)50(52,30-36-13-5-1-6-14-36)31-37-15-7-2-8-16-37)40-25-21-34(22-26-40)29-35-23-27-41(28-24-35)59-47(61)51(32-38-17-9-3-10-18-38,33-39-19-11-4-12-20-39)53(44(56)66,45(57)67)49(59)63/h1-28H,29-33H2,(H2,54,64)(H2,55,65)(H2,56,66)(H2,57,67). The Morgan fingerprint density at radius 3 is 0.806 bits per heavy atom. The molecule has 14 heteroatoms. The van der Waals surface area contributed by atoms with Gasteiger partial charge in [-0.3, -0.25) is 19.2 Å². The zero-order chi connectivity index (χ0) is 47.7. The summed E-state index contributed by atoms with van der Waals surface area (Å²) in [6.45, 7) is 0. The average molecular weight is 959 g/mol. The molecule has 0 radical (unpaired) electrons. The number of thiocarbonyl (C=S) groups is 4. The SMILES string of the molecule is NC(=S)C1(C(N)=S)C(=O)N(c2ccc(Cc3ccc(N4C(=O)C(Cc5ccccc5)(Cc5ccccc5)C(C(N)=S)(C(N)=S)C4=O)cc3)cc2)C(=O)C1(Cc1ccccc1)Cc1ccccc1. The van der Waals surface area contributed by atoms with E-state index in [1.165, 1.54) is 0 Å². The third kappa shape index (κ3) is 7.63. The Hall–Kier alpha value is -6.84. The van der Waals surface area contributed by atoms with Gasteiger partial charge < -0.3 is 22.9 Å². The molecule has 4 amide bonds. The molecular weight excluding hydrogens is 913 g/mol. The van der Waals surface area contributed by atoms with Gasteiger partial charge in [0.25, 0.3) is 11.8 Å². The second kappa shape index (κ2) is 18.4. The molecule has 0 saturated carbocycles. The van der Waals surface area contributed by atoms with Gasteiger partial charge in [0.05, 0.1) is 42.2 Å². The van der Waals surface area contributed by atoms with E-state index in [1.54, 1.807) is 24.3 Å². The zero-order valence-electron chi connectivity index (χ0n) is 36.2. The number of amides is 4. The second-order valence-electron chi connectivity index (χ2n) is 17.2. The topological polar surface area (TPSA) is 179 Å². The third-order valence-electron chi connectivity index (χ3n) is 13.4. The molecule has 0 unspecified atom stereocenters. The number of imide groups is 2. The molecule has 2 heterocycles. The molecule has 336 valence electrons. The highest BCUT2D eigenvalue weighted by Crippen LogP contribution is 2.56. The van der Waals surface area contributed by atoms with Gasteiger partial charge in [-0.05, 0) is 89.8 Å². The van der Waals surface area contributed by atoms with Gasteiger partial charge in [-0.2, -0.15) is 0 Å². The highest BCUT2D eigenvalue weighted by molar-refractivity contribution is 7.82. The van der Waals surface area contributed by atoms with E-state index in [1.807, 2.05) is 146 Å². The van der Waals surface area contributed by atoms with Crippen LogP contribution in [0.5, 0.6) is 0 Å². The van der Waals surface area contributed by atoms with Crippen LogP contribution in [0.2, 0.25) is 0 Å². The minimum atomic E-state index is -1.98. The van der Waals surface area contributed by atoms with E-state index < -0.39 is 45.3 Å². The monoisotopic (exact) mass is 958 g/mol. The molecule has 2 fully saturated rings. The van der Waals surface area contributed by atoms with E-state index in [0.29, 0.717) is 17.8 Å². The van der Waals surface area contributed by atoms with E-state index in [9.17, 15) is 9.59 Å². The smallest absolute Gasteiger partial charge is 0.254 e. The van der Waals surface area contributed by atoms with Gasteiger partial charge in [-0.15, -0.1) is 0 Å². The zero-order valence-corrected chi connectivity index (χ0v) is 39.4. The molecule has 2 saturated heterocycles. The largest absolute Gasteiger partial charge is 0.392 e. The van der Waals surface area contributed by atoms with Crippen molar-refractivity contribution in [2.75, 3.05) is 9.80 Å². The fourth-order valence-electron chi connectivity index (χ4n) is 10.3.